The van der Waals surface area contributed by atoms with Crippen molar-refractivity contribution in [2.75, 3.05) is 26.4 Å². The zero-order valence-electron chi connectivity index (χ0n) is 9.80. The van der Waals surface area contributed by atoms with Gasteiger partial charge in [-0.3, -0.25) is 4.79 Å². The minimum atomic E-state index is -1.08. The Hall–Kier alpha value is -0.690. The summed E-state index contributed by atoms with van der Waals surface area (Å²) in [7, 11) is 0. The third kappa shape index (κ3) is 4.23. The Bertz CT molecular complexity index is 230. The number of aliphatic hydroxyl groups excluding tert-OH is 3. The van der Waals surface area contributed by atoms with Crippen molar-refractivity contribution in [3.63, 3.8) is 0 Å². The van der Waals surface area contributed by atoms with Crippen LogP contribution in [-0.2, 0) is 14.3 Å². The van der Waals surface area contributed by atoms with Crippen LogP contribution in [0, 0.1) is 5.41 Å². The minimum Gasteiger partial charge on any atom is -0.436 e. The second kappa shape index (κ2) is 6.90. The van der Waals surface area contributed by atoms with E-state index in [4.69, 9.17) is 24.8 Å². The predicted octanol–water partition coefficient (Wildman–Crippen LogP) is -0.590. The van der Waals surface area contributed by atoms with Gasteiger partial charge in [0.05, 0.1) is 31.8 Å². The topological polar surface area (TPSA) is 96.2 Å². The van der Waals surface area contributed by atoms with Crippen LogP contribution < -0.4 is 0 Å². The molecule has 1 unspecified atom stereocenters. The third-order valence-corrected chi connectivity index (χ3v) is 2.92. The molecular weight excluding hydrogens is 228 g/mol. The highest BCUT2D eigenvalue weighted by molar-refractivity contribution is 5.69. The van der Waals surface area contributed by atoms with Gasteiger partial charge < -0.3 is 24.8 Å². The monoisotopic (exact) mass is 248 g/mol. The van der Waals surface area contributed by atoms with E-state index >= 15 is 0 Å². The standard InChI is InChI=1S/C11H20O6/c12-5-11(6-13,7-14)8-16-10-4-2-1-3-9(15)17-10/h10,12-14H,1-8H2. The quantitative estimate of drug-likeness (QED) is 0.544. The van der Waals surface area contributed by atoms with Crippen LogP contribution in [0.5, 0.6) is 0 Å². The number of carbonyl (C=O) groups excluding carboxylic acids is 1. The largest absolute Gasteiger partial charge is 0.436 e. The Morgan fingerprint density at radius 3 is 2.47 bits per heavy atom. The number of ether oxygens (including phenoxy) is 2. The molecule has 1 aliphatic rings. The van der Waals surface area contributed by atoms with Gasteiger partial charge in [-0.1, -0.05) is 0 Å². The van der Waals surface area contributed by atoms with Crippen molar-refractivity contribution >= 4 is 5.97 Å². The summed E-state index contributed by atoms with van der Waals surface area (Å²) in [6, 6.07) is 0. The molecule has 0 aromatic rings. The first kappa shape index (κ1) is 14.4. The van der Waals surface area contributed by atoms with Gasteiger partial charge in [-0.2, -0.15) is 0 Å². The van der Waals surface area contributed by atoms with Gasteiger partial charge in [0.2, 0.25) is 6.29 Å². The number of hydrogen-bond acceptors (Lipinski definition) is 6. The first-order valence-electron chi connectivity index (χ1n) is 5.79. The van der Waals surface area contributed by atoms with Gasteiger partial charge in [-0.15, -0.1) is 0 Å². The summed E-state index contributed by atoms with van der Waals surface area (Å²) in [6.07, 6.45) is 1.97. The Labute approximate surface area is 100 Å². The molecule has 0 aliphatic carbocycles. The van der Waals surface area contributed by atoms with Crippen LogP contribution in [0.15, 0.2) is 0 Å². The number of aliphatic hydroxyl groups is 3. The molecular formula is C11H20O6. The highest BCUT2D eigenvalue weighted by Gasteiger charge is 2.31. The van der Waals surface area contributed by atoms with Gasteiger partial charge in [0.25, 0.3) is 0 Å². The van der Waals surface area contributed by atoms with Crippen molar-refractivity contribution in [1.29, 1.82) is 0 Å². The lowest BCUT2D eigenvalue weighted by Crippen LogP contribution is -2.40. The summed E-state index contributed by atoms with van der Waals surface area (Å²) < 4.78 is 10.4. The van der Waals surface area contributed by atoms with Gasteiger partial charge in [-0.25, -0.2) is 0 Å². The lowest BCUT2D eigenvalue weighted by molar-refractivity contribution is -0.190. The summed E-state index contributed by atoms with van der Waals surface area (Å²) in [5.74, 6) is -0.296. The van der Waals surface area contributed by atoms with E-state index in [2.05, 4.69) is 0 Å². The molecule has 1 fully saturated rings. The number of cyclic esters (lactones) is 1. The summed E-state index contributed by atoms with van der Waals surface area (Å²) >= 11 is 0. The summed E-state index contributed by atoms with van der Waals surface area (Å²) in [6.45, 7) is -1.21. The van der Waals surface area contributed by atoms with Crippen molar-refractivity contribution in [3.05, 3.63) is 0 Å². The summed E-state index contributed by atoms with van der Waals surface area (Å²) in [4.78, 5) is 11.2. The van der Waals surface area contributed by atoms with Crippen molar-refractivity contribution in [2.45, 2.75) is 32.0 Å². The molecule has 0 bridgehead atoms. The molecule has 0 radical (unpaired) electrons. The lowest BCUT2D eigenvalue weighted by atomic mass is 9.93. The molecule has 1 atom stereocenters. The molecule has 1 aliphatic heterocycles. The van der Waals surface area contributed by atoms with Crippen molar-refractivity contribution in [2.24, 2.45) is 5.41 Å². The van der Waals surface area contributed by atoms with E-state index in [1.54, 1.807) is 0 Å². The van der Waals surface area contributed by atoms with Crippen LogP contribution in [0.3, 0.4) is 0 Å². The second-order valence-corrected chi connectivity index (χ2v) is 4.45. The SMILES string of the molecule is O=C1CCCCC(OCC(CO)(CO)CO)O1. The molecule has 0 aromatic carbocycles. The molecule has 1 rings (SSSR count). The van der Waals surface area contributed by atoms with Gasteiger partial charge in [-0.05, 0) is 12.8 Å². The van der Waals surface area contributed by atoms with Gasteiger partial charge in [0.1, 0.15) is 0 Å². The Balaban J connectivity index is 2.44. The molecule has 3 N–H and O–H groups in total. The van der Waals surface area contributed by atoms with E-state index in [1.807, 2.05) is 0 Å². The molecule has 6 heteroatoms. The van der Waals surface area contributed by atoms with Crippen molar-refractivity contribution in [3.8, 4) is 0 Å². The Morgan fingerprint density at radius 2 is 1.88 bits per heavy atom. The zero-order valence-corrected chi connectivity index (χ0v) is 9.80. The lowest BCUT2D eigenvalue weighted by Gasteiger charge is -2.28. The van der Waals surface area contributed by atoms with Gasteiger partial charge in [0.15, 0.2) is 0 Å². The molecule has 17 heavy (non-hydrogen) atoms. The van der Waals surface area contributed by atoms with Crippen molar-refractivity contribution < 1.29 is 29.6 Å². The maximum Gasteiger partial charge on any atom is 0.308 e. The predicted molar refractivity (Wildman–Crippen MR) is 58.0 cm³/mol. The van der Waals surface area contributed by atoms with E-state index < -0.39 is 11.7 Å². The average Bonchev–Trinajstić information content (AvgIpc) is 2.56. The maximum atomic E-state index is 11.2. The van der Waals surface area contributed by atoms with Crippen LogP contribution in [-0.4, -0.2) is 54.0 Å². The number of carbonyl (C=O) groups is 1. The number of rotatable bonds is 6. The van der Waals surface area contributed by atoms with Crippen LogP contribution in [0.2, 0.25) is 0 Å². The average molecular weight is 248 g/mol. The highest BCUT2D eigenvalue weighted by atomic mass is 16.7. The fourth-order valence-electron chi connectivity index (χ4n) is 1.52. The highest BCUT2D eigenvalue weighted by Crippen LogP contribution is 2.20. The second-order valence-electron chi connectivity index (χ2n) is 4.45. The molecule has 0 spiro atoms. The van der Waals surface area contributed by atoms with E-state index in [1.165, 1.54) is 0 Å². The molecule has 1 saturated heterocycles. The molecule has 1 heterocycles. The van der Waals surface area contributed by atoms with Crippen LogP contribution in [0.25, 0.3) is 0 Å². The molecule has 0 amide bonds. The Kier molecular flexibility index (Phi) is 5.84. The fraction of sp³-hybridized carbons (Fsp3) is 0.909. The first-order valence-corrected chi connectivity index (χ1v) is 5.79. The van der Waals surface area contributed by atoms with E-state index in [9.17, 15) is 4.79 Å². The number of esters is 1. The van der Waals surface area contributed by atoms with Crippen LogP contribution >= 0.6 is 0 Å². The normalized spacial score (nSPS) is 22.1. The molecule has 0 aromatic heterocycles. The Morgan fingerprint density at radius 1 is 1.24 bits per heavy atom. The molecule has 100 valence electrons. The summed E-state index contributed by atoms with van der Waals surface area (Å²) in [5, 5.41) is 27.3. The molecule has 0 saturated carbocycles. The van der Waals surface area contributed by atoms with Crippen LogP contribution in [0.1, 0.15) is 25.7 Å². The van der Waals surface area contributed by atoms with Gasteiger partial charge >= 0.3 is 5.97 Å². The fourth-order valence-corrected chi connectivity index (χ4v) is 1.52. The van der Waals surface area contributed by atoms with E-state index in [0.717, 1.165) is 12.8 Å². The zero-order chi connectivity index (χ0) is 12.7. The minimum absolute atomic E-state index is 0.0472. The van der Waals surface area contributed by atoms with Crippen molar-refractivity contribution in [1.82, 2.24) is 0 Å². The third-order valence-electron chi connectivity index (χ3n) is 2.92. The smallest absolute Gasteiger partial charge is 0.308 e. The first-order chi connectivity index (χ1) is 8.15. The summed E-state index contributed by atoms with van der Waals surface area (Å²) in [5.41, 5.74) is -1.08. The van der Waals surface area contributed by atoms with E-state index in [-0.39, 0.29) is 32.4 Å². The maximum absolute atomic E-state index is 11.2. The van der Waals surface area contributed by atoms with Crippen LogP contribution in [0.4, 0.5) is 0 Å². The van der Waals surface area contributed by atoms with Gasteiger partial charge in [0, 0.05) is 12.8 Å². The molecule has 6 nitrogen and oxygen atoms in total. The number of hydrogen-bond donors (Lipinski definition) is 3. The van der Waals surface area contributed by atoms with E-state index in [0.29, 0.717) is 12.8 Å².